The second-order valence-electron chi connectivity index (χ2n) is 5.81. The van der Waals surface area contributed by atoms with Gasteiger partial charge in [0.2, 0.25) is 0 Å². The van der Waals surface area contributed by atoms with Crippen molar-refractivity contribution < 1.29 is 9.18 Å². The number of nitrogens with one attached hydrogen (secondary N) is 2. The van der Waals surface area contributed by atoms with Crippen molar-refractivity contribution in [3.63, 3.8) is 0 Å². The van der Waals surface area contributed by atoms with Crippen molar-refractivity contribution >= 4 is 11.7 Å². The number of benzene rings is 1. The van der Waals surface area contributed by atoms with E-state index in [1.54, 1.807) is 36.5 Å². The molecule has 1 aromatic heterocycles. The van der Waals surface area contributed by atoms with Crippen molar-refractivity contribution in [3.05, 3.63) is 59.5 Å². The van der Waals surface area contributed by atoms with E-state index in [0.29, 0.717) is 22.9 Å². The number of hydrogen-bond acceptors (Lipinski definition) is 3. The van der Waals surface area contributed by atoms with Crippen LogP contribution >= 0.6 is 0 Å². The first-order chi connectivity index (χ1) is 11.1. The summed E-state index contributed by atoms with van der Waals surface area (Å²) in [6, 6.07) is 9.75. The molecule has 2 rings (SSSR count). The molecule has 0 atom stereocenters. The number of rotatable bonds is 7. The standard InChI is InChI=1S/C18H22FN3O/c1-13(2)7-9-20-17-11-14(8-10-21-17)18(23)22-12-15-5-3-4-6-16(15)19/h3-6,8,10-11,13H,7,9,12H2,1-2H3,(H,20,21)(H,22,23). The summed E-state index contributed by atoms with van der Waals surface area (Å²) in [5.74, 6) is 0.708. The third-order valence-electron chi connectivity index (χ3n) is 3.45. The molecule has 0 saturated carbocycles. The van der Waals surface area contributed by atoms with Gasteiger partial charge in [-0.25, -0.2) is 9.37 Å². The zero-order chi connectivity index (χ0) is 16.7. The van der Waals surface area contributed by atoms with Crippen LogP contribution in [0.1, 0.15) is 36.2 Å². The fourth-order valence-corrected chi connectivity index (χ4v) is 2.08. The lowest BCUT2D eigenvalue weighted by Gasteiger charge is -2.09. The Balaban J connectivity index is 1.93. The summed E-state index contributed by atoms with van der Waals surface area (Å²) in [4.78, 5) is 16.4. The highest BCUT2D eigenvalue weighted by Gasteiger charge is 2.08. The quantitative estimate of drug-likeness (QED) is 0.820. The highest BCUT2D eigenvalue weighted by atomic mass is 19.1. The Hall–Kier alpha value is -2.43. The molecule has 0 fully saturated rings. The molecular weight excluding hydrogens is 293 g/mol. The van der Waals surface area contributed by atoms with Gasteiger partial charge in [0.15, 0.2) is 0 Å². The molecular formula is C18H22FN3O. The van der Waals surface area contributed by atoms with Crippen LogP contribution in [0.3, 0.4) is 0 Å². The lowest BCUT2D eigenvalue weighted by molar-refractivity contribution is 0.0950. The second-order valence-corrected chi connectivity index (χ2v) is 5.81. The molecule has 0 aliphatic rings. The average Bonchev–Trinajstić information content (AvgIpc) is 2.54. The van der Waals surface area contributed by atoms with Crippen LogP contribution in [0.5, 0.6) is 0 Å². The van der Waals surface area contributed by atoms with Crippen molar-refractivity contribution in [2.45, 2.75) is 26.8 Å². The molecule has 0 aliphatic heterocycles. The summed E-state index contributed by atoms with van der Waals surface area (Å²) in [5, 5.41) is 5.93. The first kappa shape index (κ1) is 16.9. The summed E-state index contributed by atoms with van der Waals surface area (Å²) >= 11 is 0. The first-order valence-electron chi connectivity index (χ1n) is 7.78. The van der Waals surface area contributed by atoms with E-state index < -0.39 is 0 Å². The number of carbonyl (C=O) groups is 1. The highest BCUT2D eigenvalue weighted by molar-refractivity contribution is 5.94. The van der Waals surface area contributed by atoms with Crippen LogP contribution in [-0.4, -0.2) is 17.4 Å². The van der Waals surface area contributed by atoms with Crippen LogP contribution in [0.15, 0.2) is 42.6 Å². The largest absolute Gasteiger partial charge is 0.370 e. The zero-order valence-corrected chi connectivity index (χ0v) is 13.5. The topological polar surface area (TPSA) is 54.0 Å². The maximum atomic E-state index is 13.5. The minimum atomic E-state index is -0.321. The molecule has 23 heavy (non-hydrogen) atoms. The molecule has 122 valence electrons. The lowest BCUT2D eigenvalue weighted by Crippen LogP contribution is -2.23. The molecule has 2 aromatic rings. The second kappa shape index (κ2) is 8.27. The van der Waals surface area contributed by atoms with Gasteiger partial charge in [0.1, 0.15) is 11.6 Å². The summed E-state index contributed by atoms with van der Waals surface area (Å²) in [5.41, 5.74) is 0.966. The summed E-state index contributed by atoms with van der Waals surface area (Å²) < 4.78 is 13.5. The fourth-order valence-electron chi connectivity index (χ4n) is 2.08. The number of nitrogens with zero attached hydrogens (tertiary/aromatic N) is 1. The van der Waals surface area contributed by atoms with E-state index in [2.05, 4.69) is 29.5 Å². The molecule has 0 spiro atoms. The lowest BCUT2D eigenvalue weighted by atomic mass is 10.1. The van der Waals surface area contributed by atoms with Gasteiger partial charge in [-0.1, -0.05) is 32.0 Å². The van der Waals surface area contributed by atoms with Crippen LogP contribution in [0.2, 0.25) is 0 Å². The molecule has 1 amide bonds. The van der Waals surface area contributed by atoms with E-state index in [1.165, 1.54) is 6.07 Å². The van der Waals surface area contributed by atoms with Gasteiger partial charge in [-0.05, 0) is 30.5 Å². The van der Waals surface area contributed by atoms with Crippen molar-refractivity contribution in [2.75, 3.05) is 11.9 Å². The zero-order valence-electron chi connectivity index (χ0n) is 13.5. The number of carbonyl (C=O) groups excluding carboxylic acids is 1. The van der Waals surface area contributed by atoms with E-state index in [-0.39, 0.29) is 18.3 Å². The van der Waals surface area contributed by atoms with Crippen molar-refractivity contribution in [3.8, 4) is 0 Å². The Bertz CT molecular complexity index is 658. The first-order valence-corrected chi connectivity index (χ1v) is 7.78. The van der Waals surface area contributed by atoms with Gasteiger partial charge in [0.05, 0.1) is 0 Å². The highest BCUT2D eigenvalue weighted by Crippen LogP contribution is 2.10. The Morgan fingerprint density at radius 2 is 2.04 bits per heavy atom. The number of halogens is 1. The summed E-state index contributed by atoms with van der Waals surface area (Å²) in [6.07, 6.45) is 2.63. The van der Waals surface area contributed by atoms with Crippen LogP contribution in [-0.2, 0) is 6.54 Å². The van der Waals surface area contributed by atoms with Crippen LogP contribution < -0.4 is 10.6 Å². The normalized spacial score (nSPS) is 10.6. The van der Waals surface area contributed by atoms with Crippen molar-refractivity contribution in [1.82, 2.24) is 10.3 Å². The van der Waals surface area contributed by atoms with Gasteiger partial charge >= 0.3 is 0 Å². The summed E-state index contributed by atoms with van der Waals surface area (Å²) in [7, 11) is 0. The van der Waals surface area contributed by atoms with Crippen molar-refractivity contribution in [2.24, 2.45) is 5.92 Å². The van der Waals surface area contributed by atoms with Crippen LogP contribution in [0.25, 0.3) is 0 Å². The summed E-state index contributed by atoms with van der Waals surface area (Å²) in [6.45, 7) is 5.28. The Morgan fingerprint density at radius 1 is 1.26 bits per heavy atom. The third kappa shape index (κ3) is 5.36. The monoisotopic (exact) mass is 315 g/mol. The predicted octanol–water partition coefficient (Wildman–Crippen LogP) is 3.61. The molecule has 4 nitrogen and oxygen atoms in total. The van der Waals surface area contributed by atoms with Crippen LogP contribution in [0, 0.1) is 11.7 Å². The minimum Gasteiger partial charge on any atom is -0.370 e. The van der Waals surface area contributed by atoms with Gasteiger partial charge in [-0.2, -0.15) is 0 Å². The maximum Gasteiger partial charge on any atom is 0.251 e. The van der Waals surface area contributed by atoms with Crippen LogP contribution in [0.4, 0.5) is 10.2 Å². The van der Waals surface area contributed by atoms with Crippen molar-refractivity contribution in [1.29, 1.82) is 0 Å². The predicted molar refractivity (Wildman–Crippen MR) is 89.8 cm³/mol. The van der Waals surface area contributed by atoms with Gasteiger partial charge in [0, 0.05) is 30.4 Å². The van der Waals surface area contributed by atoms with Gasteiger partial charge in [-0.3, -0.25) is 4.79 Å². The molecule has 0 unspecified atom stereocenters. The number of amides is 1. The Morgan fingerprint density at radius 3 is 2.78 bits per heavy atom. The number of aromatic nitrogens is 1. The smallest absolute Gasteiger partial charge is 0.251 e. The number of hydrogen-bond donors (Lipinski definition) is 2. The van der Waals surface area contributed by atoms with E-state index in [4.69, 9.17) is 0 Å². The van der Waals surface area contributed by atoms with E-state index >= 15 is 0 Å². The molecule has 0 saturated heterocycles. The fraction of sp³-hybridized carbons (Fsp3) is 0.333. The number of anilines is 1. The minimum absolute atomic E-state index is 0.157. The molecule has 1 heterocycles. The molecule has 1 aromatic carbocycles. The Kier molecular flexibility index (Phi) is 6.09. The molecule has 2 N–H and O–H groups in total. The molecule has 0 bridgehead atoms. The number of pyridine rings is 1. The van der Waals surface area contributed by atoms with E-state index in [0.717, 1.165) is 13.0 Å². The van der Waals surface area contributed by atoms with E-state index in [9.17, 15) is 9.18 Å². The molecule has 5 heteroatoms. The van der Waals surface area contributed by atoms with Gasteiger partial charge < -0.3 is 10.6 Å². The van der Waals surface area contributed by atoms with E-state index in [1.807, 2.05) is 0 Å². The maximum absolute atomic E-state index is 13.5. The average molecular weight is 315 g/mol. The third-order valence-corrected chi connectivity index (χ3v) is 3.45. The van der Waals surface area contributed by atoms with Gasteiger partial charge in [0.25, 0.3) is 5.91 Å². The SMILES string of the molecule is CC(C)CCNc1cc(C(=O)NCc2ccccc2F)ccn1. The molecule has 0 aliphatic carbocycles. The van der Waals surface area contributed by atoms with Gasteiger partial charge in [-0.15, -0.1) is 0 Å². The Labute approximate surface area is 136 Å². The molecule has 0 radical (unpaired) electrons.